The van der Waals surface area contributed by atoms with Gasteiger partial charge in [-0.3, -0.25) is 4.79 Å². The van der Waals surface area contributed by atoms with Crippen LogP contribution in [-0.4, -0.2) is 18.5 Å². The van der Waals surface area contributed by atoms with E-state index in [1.807, 2.05) is 0 Å². The third-order valence-electron chi connectivity index (χ3n) is 5.14. The Morgan fingerprint density at radius 3 is 2.61 bits per heavy atom. The van der Waals surface area contributed by atoms with E-state index in [-0.39, 0.29) is 23.3 Å². The molecule has 0 spiro atoms. The highest BCUT2D eigenvalue weighted by Gasteiger charge is 2.44. The molecule has 4 atom stereocenters. The predicted molar refractivity (Wildman–Crippen MR) is 76.1 cm³/mol. The molecular weight excluding hydrogens is 224 g/mol. The van der Waals surface area contributed by atoms with Crippen LogP contribution in [0.5, 0.6) is 0 Å². The summed E-state index contributed by atoms with van der Waals surface area (Å²) < 4.78 is 0. The minimum Gasteiger partial charge on any atom is -0.356 e. The Morgan fingerprint density at radius 2 is 2.06 bits per heavy atom. The van der Waals surface area contributed by atoms with Crippen molar-refractivity contribution in [2.45, 2.75) is 59.9 Å². The van der Waals surface area contributed by atoms with E-state index in [1.165, 1.54) is 0 Å². The summed E-state index contributed by atoms with van der Waals surface area (Å²) in [6.07, 6.45) is 2.99. The summed E-state index contributed by atoms with van der Waals surface area (Å²) in [5.74, 6) is 1.28. The smallest absolute Gasteiger partial charge is 0.223 e. The minimum atomic E-state index is -0.00278. The van der Waals surface area contributed by atoms with Crippen LogP contribution in [0.3, 0.4) is 0 Å². The molecule has 3 heteroatoms. The van der Waals surface area contributed by atoms with Crippen LogP contribution < -0.4 is 11.1 Å². The monoisotopic (exact) mass is 254 g/mol. The highest BCUT2D eigenvalue weighted by Crippen LogP contribution is 2.44. The second-order valence-corrected chi connectivity index (χ2v) is 6.66. The zero-order valence-electron chi connectivity index (χ0n) is 12.6. The Balaban J connectivity index is 2.62. The fourth-order valence-corrected chi connectivity index (χ4v) is 2.86. The Kier molecular flexibility index (Phi) is 5.20. The molecule has 106 valence electrons. The van der Waals surface area contributed by atoms with Crippen LogP contribution in [0.25, 0.3) is 0 Å². The van der Waals surface area contributed by atoms with Gasteiger partial charge in [0, 0.05) is 18.5 Å². The summed E-state index contributed by atoms with van der Waals surface area (Å²) in [5, 5.41) is 3.11. The van der Waals surface area contributed by atoms with Crippen molar-refractivity contribution in [2.24, 2.45) is 28.9 Å². The first-order valence-corrected chi connectivity index (χ1v) is 7.34. The number of carbonyl (C=O) groups is 1. The molecule has 0 bridgehead atoms. The number of carbonyl (C=O) groups excluding carboxylic acids is 1. The zero-order valence-corrected chi connectivity index (χ0v) is 12.6. The van der Waals surface area contributed by atoms with E-state index in [9.17, 15) is 4.79 Å². The highest BCUT2D eigenvalue weighted by atomic mass is 16.1. The summed E-state index contributed by atoms with van der Waals surface area (Å²) in [4.78, 5) is 12.3. The van der Waals surface area contributed by atoms with E-state index in [0.29, 0.717) is 11.8 Å². The van der Waals surface area contributed by atoms with Gasteiger partial charge >= 0.3 is 0 Å². The molecule has 0 heterocycles. The summed E-state index contributed by atoms with van der Waals surface area (Å²) in [6.45, 7) is 11.7. The van der Waals surface area contributed by atoms with Crippen LogP contribution in [0.15, 0.2) is 0 Å². The predicted octanol–water partition coefficient (Wildman–Crippen LogP) is 2.55. The van der Waals surface area contributed by atoms with Crippen molar-refractivity contribution in [3.8, 4) is 0 Å². The second-order valence-electron chi connectivity index (χ2n) is 6.66. The maximum atomic E-state index is 12.3. The maximum Gasteiger partial charge on any atom is 0.223 e. The molecule has 1 aliphatic carbocycles. The normalized spacial score (nSPS) is 32.9. The largest absolute Gasteiger partial charge is 0.356 e. The molecule has 1 saturated carbocycles. The number of hydrogen-bond acceptors (Lipinski definition) is 2. The third-order valence-corrected chi connectivity index (χ3v) is 5.14. The van der Waals surface area contributed by atoms with Gasteiger partial charge < -0.3 is 11.1 Å². The quantitative estimate of drug-likeness (QED) is 0.810. The van der Waals surface area contributed by atoms with Crippen molar-refractivity contribution in [3.63, 3.8) is 0 Å². The average Bonchev–Trinajstić information content (AvgIpc) is 2.32. The highest BCUT2D eigenvalue weighted by molar-refractivity contribution is 5.79. The SMILES string of the molecule is CCC(C)CNC(=O)C1CCC(N)C(C)C1(C)C. The van der Waals surface area contributed by atoms with Gasteiger partial charge in [0.1, 0.15) is 0 Å². The maximum absolute atomic E-state index is 12.3. The first-order valence-electron chi connectivity index (χ1n) is 7.34. The number of hydrogen-bond donors (Lipinski definition) is 2. The lowest BCUT2D eigenvalue weighted by atomic mass is 9.61. The van der Waals surface area contributed by atoms with E-state index in [0.717, 1.165) is 25.8 Å². The first kappa shape index (κ1) is 15.5. The van der Waals surface area contributed by atoms with Crippen LogP contribution >= 0.6 is 0 Å². The molecule has 1 amide bonds. The Hall–Kier alpha value is -0.570. The second kappa shape index (κ2) is 6.05. The molecule has 1 fully saturated rings. The molecule has 4 unspecified atom stereocenters. The molecule has 0 radical (unpaired) electrons. The lowest BCUT2D eigenvalue weighted by molar-refractivity contribution is -0.132. The molecule has 18 heavy (non-hydrogen) atoms. The molecule has 3 nitrogen and oxygen atoms in total. The molecule has 0 saturated heterocycles. The van der Waals surface area contributed by atoms with Crippen LogP contribution in [-0.2, 0) is 4.79 Å². The van der Waals surface area contributed by atoms with Crippen molar-refractivity contribution in [1.29, 1.82) is 0 Å². The van der Waals surface area contributed by atoms with Gasteiger partial charge in [-0.2, -0.15) is 0 Å². The summed E-state index contributed by atoms with van der Waals surface area (Å²) in [7, 11) is 0. The van der Waals surface area contributed by atoms with E-state index in [1.54, 1.807) is 0 Å². The fourth-order valence-electron chi connectivity index (χ4n) is 2.86. The number of amides is 1. The zero-order chi connectivity index (χ0) is 13.9. The molecule has 0 aromatic heterocycles. The van der Waals surface area contributed by atoms with Crippen molar-refractivity contribution < 1.29 is 4.79 Å². The van der Waals surface area contributed by atoms with Crippen molar-refractivity contribution >= 4 is 5.91 Å². The van der Waals surface area contributed by atoms with Gasteiger partial charge in [0.15, 0.2) is 0 Å². The van der Waals surface area contributed by atoms with Gasteiger partial charge in [0.05, 0.1) is 0 Å². The van der Waals surface area contributed by atoms with Crippen molar-refractivity contribution in [2.75, 3.05) is 6.54 Å². The van der Waals surface area contributed by atoms with Gasteiger partial charge in [-0.15, -0.1) is 0 Å². The minimum absolute atomic E-state index is 0.00278. The van der Waals surface area contributed by atoms with Crippen molar-refractivity contribution in [1.82, 2.24) is 5.32 Å². The number of nitrogens with one attached hydrogen (secondary N) is 1. The first-order chi connectivity index (χ1) is 8.30. The molecule has 0 aliphatic heterocycles. The van der Waals surface area contributed by atoms with Gasteiger partial charge in [-0.25, -0.2) is 0 Å². The van der Waals surface area contributed by atoms with Gasteiger partial charge in [0.25, 0.3) is 0 Å². The Morgan fingerprint density at radius 1 is 1.44 bits per heavy atom. The van der Waals surface area contributed by atoms with E-state index >= 15 is 0 Å². The molecule has 1 aliphatic rings. The van der Waals surface area contributed by atoms with Crippen LogP contribution in [0.4, 0.5) is 0 Å². The van der Waals surface area contributed by atoms with Gasteiger partial charge in [-0.1, -0.05) is 41.0 Å². The average molecular weight is 254 g/mol. The lowest BCUT2D eigenvalue weighted by Gasteiger charge is -2.46. The van der Waals surface area contributed by atoms with Gasteiger partial charge in [-0.05, 0) is 30.1 Å². The standard InChI is InChI=1S/C15H30N2O/c1-6-10(2)9-17-14(18)12-7-8-13(16)11(3)15(12,4)5/h10-13H,6-9,16H2,1-5H3,(H,17,18). The summed E-state index contributed by atoms with van der Waals surface area (Å²) >= 11 is 0. The molecule has 0 aromatic rings. The van der Waals surface area contributed by atoms with E-state index in [4.69, 9.17) is 5.73 Å². The van der Waals surface area contributed by atoms with E-state index in [2.05, 4.69) is 39.9 Å². The number of rotatable bonds is 4. The summed E-state index contributed by atoms with van der Waals surface area (Å²) in [6, 6.07) is 0.235. The summed E-state index contributed by atoms with van der Waals surface area (Å²) in [5.41, 5.74) is 6.13. The van der Waals surface area contributed by atoms with Gasteiger partial charge in [0.2, 0.25) is 5.91 Å². The van der Waals surface area contributed by atoms with Crippen molar-refractivity contribution in [3.05, 3.63) is 0 Å². The molecule has 3 N–H and O–H groups in total. The molecule has 0 aromatic carbocycles. The van der Waals surface area contributed by atoms with Crippen LogP contribution in [0.2, 0.25) is 0 Å². The third kappa shape index (κ3) is 3.25. The topological polar surface area (TPSA) is 55.1 Å². The Labute approximate surface area is 112 Å². The molecular formula is C15H30N2O. The lowest BCUT2D eigenvalue weighted by Crippen LogP contribution is -2.51. The van der Waals surface area contributed by atoms with Crippen LogP contribution in [0.1, 0.15) is 53.9 Å². The van der Waals surface area contributed by atoms with Crippen LogP contribution in [0, 0.1) is 23.2 Å². The fraction of sp³-hybridized carbons (Fsp3) is 0.933. The molecule has 1 rings (SSSR count). The number of nitrogens with two attached hydrogens (primary N) is 1. The Bertz CT molecular complexity index is 288. The van der Waals surface area contributed by atoms with E-state index < -0.39 is 0 Å².